The molecule has 0 radical (unpaired) electrons. The number of rotatable bonds is 13. The van der Waals surface area contributed by atoms with Gasteiger partial charge >= 0.3 is 37.4 Å². The third kappa shape index (κ3) is 15.7. The molecule has 15 rings (SSSR count). The molecular formula is C86H74B3F5N4O11S. The van der Waals surface area contributed by atoms with E-state index in [1.54, 1.807) is 91.0 Å². The third-order valence-corrected chi connectivity index (χ3v) is 22.5. The quantitative estimate of drug-likeness (QED) is 0.0595. The van der Waals surface area contributed by atoms with Gasteiger partial charge in [0.2, 0.25) is 0 Å². The molecule has 0 bridgehead atoms. The summed E-state index contributed by atoms with van der Waals surface area (Å²) in [4.78, 5) is 0. The van der Waals surface area contributed by atoms with Crippen molar-refractivity contribution in [1.29, 1.82) is 21.0 Å². The van der Waals surface area contributed by atoms with Crippen LogP contribution in [0.15, 0.2) is 215 Å². The highest BCUT2D eigenvalue weighted by Gasteiger charge is 2.64. The van der Waals surface area contributed by atoms with Crippen molar-refractivity contribution in [3.63, 3.8) is 0 Å². The van der Waals surface area contributed by atoms with Crippen molar-refractivity contribution in [2.24, 2.45) is 0 Å². The van der Waals surface area contributed by atoms with Gasteiger partial charge in [-0.2, -0.15) is 42.6 Å². The second-order valence-electron chi connectivity index (χ2n) is 30.5. The number of benzene rings is 10. The number of hydrogen-bond donors (Lipinski definition) is 0. The second-order valence-corrected chi connectivity index (χ2v) is 32.1. The molecule has 0 unspecified atom stereocenters. The van der Waals surface area contributed by atoms with Crippen LogP contribution in [0.25, 0.3) is 111 Å². The van der Waals surface area contributed by atoms with E-state index in [9.17, 15) is 51.4 Å². The van der Waals surface area contributed by atoms with Crippen molar-refractivity contribution in [2.45, 2.75) is 135 Å². The highest BCUT2D eigenvalue weighted by Crippen LogP contribution is 2.48. The SMILES string of the molecule is CC1(C)OB(B2OC(C)(C)C(C)(C)O2)OC1(C)C.CC1(C)OB(c2c(-c3cc(-c4ccc(C#N)cc4)cc(-c4ccc(C#N)cc4)c3)ccc3c2oc2ccccc23)OC1(C)C.N#Cc1ccc(-c2cc(-c3ccc(C#N)cc3)cc(-c3ccc4c(oc5ccccc54)c3OS(=O)(=O)CC(F)(F)CC(F)(F)F)c2)cc1. The van der Waals surface area contributed by atoms with Gasteiger partial charge in [0.25, 0.3) is 5.92 Å². The molecule has 0 aliphatic carbocycles. The van der Waals surface area contributed by atoms with Gasteiger partial charge in [-0.1, -0.05) is 91.0 Å². The van der Waals surface area contributed by atoms with Crippen LogP contribution in [0.2, 0.25) is 0 Å². The number of para-hydroxylation sites is 2. The number of alkyl halides is 5. The first-order chi connectivity index (χ1) is 51.8. The predicted octanol–water partition coefficient (Wildman–Crippen LogP) is 20.5. The lowest BCUT2D eigenvalue weighted by molar-refractivity contribution is -0.181. The van der Waals surface area contributed by atoms with Gasteiger partial charge in [0.1, 0.15) is 23.2 Å². The van der Waals surface area contributed by atoms with Gasteiger partial charge in [-0.05, 0) is 260 Å². The maximum Gasteiger partial charge on any atom is 0.499 e. The topological polar surface area (TPSA) is 220 Å². The summed E-state index contributed by atoms with van der Waals surface area (Å²) in [7, 11) is -6.94. The maximum absolute atomic E-state index is 14.4. The normalized spacial score (nSPS) is 16.7. The van der Waals surface area contributed by atoms with Crippen LogP contribution in [0.4, 0.5) is 22.0 Å². The first-order valence-corrected chi connectivity index (χ1v) is 37.0. The molecule has 24 heteroatoms. The number of nitriles is 4. The summed E-state index contributed by atoms with van der Waals surface area (Å²) >= 11 is 0. The molecule has 10 aromatic carbocycles. The Balaban J connectivity index is 0.000000159. The summed E-state index contributed by atoms with van der Waals surface area (Å²) < 4.78 is 148. The number of fused-ring (bicyclic) bond motifs is 6. The Morgan fingerprint density at radius 3 is 1.04 bits per heavy atom. The van der Waals surface area contributed by atoms with E-state index in [4.69, 9.17) is 40.9 Å². The molecule has 3 fully saturated rings. The van der Waals surface area contributed by atoms with Gasteiger partial charge in [-0.15, -0.1) is 0 Å². The maximum atomic E-state index is 14.4. The van der Waals surface area contributed by atoms with Gasteiger partial charge in [0.05, 0.1) is 80.1 Å². The molecule has 3 aliphatic rings. The molecular weight excluding hydrogens is 1420 g/mol. The van der Waals surface area contributed by atoms with E-state index in [0.29, 0.717) is 66.4 Å². The van der Waals surface area contributed by atoms with Crippen LogP contribution in [-0.2, 0) is 38.0 Å². The molecule has 12 aromatic rings. The van der Waals surface area contributed by atoms with E-state index in [0.717, 1.165) is 60.8 Å². The van der Waals surface area contributed by atoms with Crippen LogP contribution in [0.3, 0.4) is 0 Å². The Hall–Kier alpha value is -10.9. The van der Waals surface area contributed by atoms with Gasteiger partial charge in [-0.3, -0.25) is 0 Å². The summed E-state index contributed by atoms with van der Waals surface area (Å²) in [5.74, 6) is -7.37. The number of nitrogens with zero attached hydrogens (tertiary/aromatic N) is 4. The van der Waals surface area contributed by atoms with Gasteiger partial charge in [-0.25, -0.2) is 8.78 Å². The standard InChI is InChI=1S/C38H29BN2O3.C36H21F5N2O4S.C12H24B2O4/c1-37(2)38(3,4)44-39(43-37)35-31(17-18-33-32-7-5-6-8-34(32)42-36(33)35)30-20-28(26-13-9-24(22-40)10-14-26)19-29(21-30)27-15-11-25(23-41)12-16-27;37-35(38,20-36(39,40)41)21-48(44,45)47-34-29(13-14-31-30-3-1-2-4-32(30)46-33(31)34)28-16-26(24-9-5-22(18-42)6-10-24)15-27(17-28)25-11-7-23(19-43)8-12-25;1-9(2)10(3,4)16-13(15-9)14-17-11(5,6)12(7,8)18-14/h5-21H,1-4H3;1-17H,20-21H2;1-8H3. The molecule has 5 heterocycles. The van der Waals surface area contributed by atoms with E-state index in [2.05, 4.69) is 88.4 Å². The van der Waals surface area contributed by atoms with Crippen LogP contribution in [0, 0.1) is 45.3 Å². The largest absolute Gasteiger partial charge is 0.499 e. The number of hydrogen-bond acceptors (Lipinski definition) is 15. The fourth-order valence-corrected chi connectivity index (χ4v) is 14.4. The average molecular weight is 1500 g/mol. The van der Waals surface area contributed by atoms with Crippen LogP contribution < -0.4 is 9.65 Å². The summed E-state index contributed by atoms with van der Waals surface area (Å²) in [5.41, 5.74) is 11.1. The molecule has 554 valence electrons. The fourth-order valence-electron chi connectivity index (χ4n) is 13.3. The Bertz CT molecular complexity index is 5620. The van der Waals surface area contributed by atoms with E-state index < -0.39 is 72.5 Å². The summed E-state index contributed by atoms with van der Waals surface area (Å²) in [6, 6.07) is 70.9. The van der Waals surface area contributed by atoms with Crippen LogP contribution in [0.5, 0.6) is 5.75 Å². The van der Waals surface area contributed by atoms with Gasteiger partial charge in [0.15, 0.2) is 17.1 Å². The van der Waals surface area contributed by atoms with Gasteiger partial charge in [0, 0.05) is 32.6 Å². The Morgan fingerprint density at radius 1 is 0.373 bits per heavy atom. The average Bonchev–Trinajstić information content (AvgIpc) is 1.47. The zero-order valence-electron chi connectivity index (χ0n) is 62.4. The molecule has 3 saturated heterocycles. The number of furan rings is 2. The molecule has 15 nitrogen and oxygen atoms in total. The molecule has 0 saturated carbocycles. The summed E-state index contributed by atoms with van der Waals surface area (Å²) in [6.07, 6.45) is -7.97. The van der Waals surface area contributed by atoms with E-state index in [1.807, 2.05) is 128 Å². The molecule has 2 aromatic heterocycles. The zero-order chi connectivity index (χ0) is 78.9. The molecule has 3 aliphatic heterocycles. The van der Waals surface area contributed by atoms with Crippen molar-refractivity contribution in [2.75, 3.05) is 5.75 Å². The highest BCUT2D eigenvalue weighted by atomic mass is 32.2. The predicted molar refractivity (Wildman–Crippen MR) is 417 cm³/mol. The minimum atomic E-state index is -5.34. The van der Waals surface area contributed by atoms with Crippen molar-refractivity contribution in [1.82, 2.24) is 0 Å². The molecule has 0 atom stereocenters. The minimum Gasteiger partial charge on any atom is -0.456 e. The Labute approximate surface area is 635 Å². The minimum absolute atomic E-state index is 0.0923. The van der Waals surface area contributed by atoms with Crippen molar-refractivity contribution >= 4 is 80.6 Å². The lowest BCUT2D eigenvalue weighted by atomic mass is 9.49. The van der Waals surface area contributed by atoms with Crippen molar-refractivity contribution in [3.8, 4) is 96.8 Å². The molecule has 0 amide bonds. The van der Waals surface area contributed by atoms with Crippen molar-refractivity contribution in [3.05, 3.63) is 229 Å². The molecule has 0 N–H and O–H groups in total. The lowest BCUT2D eigenvalue weighted by Crippen LogP contribution is -2.41. The van der Waals surface area contributed by atoms with Crippen LogP contribution >= 0.6 is 0 Å². The second kappa shape index (κ2) is 28.8. The third-order valence-electron chi connectivity index (χ3n) is 21.3. The first-order valence-electron chi connectivity index (χ1n) is 35.4. The molecule has 110 heavy (non-hydrogen) atoms. The summed E-state index contributed by atoms with van der Waals surface area (Å²) in [5, 5.41) is 40.3. The van der Waals surface area contributed by atoms with E-state index >= 15 is 0 Å². The Kier molecular flexibility index (Phi) is 20.3. The molecule has 0 spiro atoms. The Morgan fingerprint density at radius 2 is 0.682 bits per heavy atom. The smallest absolute Gasteiger partial charge is 0.456 e. The summed E-state index contributed by atoms with van der Waals surface area (Å²) in [6.45, 7) is 24.4. The first kappa shape index (κ1) is 77.3. The lowest BCUT2D eigenvalue weighted by Gasteiger charge is -2.32. The highest BCUT2D eigenvalue weighted by molar-refractivity contribution is 7.87. The van der Waals surface area contributed by atoms with E-state index in [-0.39, 0.29) is 33.6 Å². The van der Waals surface area contributed by atoms with Crippen LogP contribution in [-0.4, -0.2) is 81.0 Å². The van der Waals surface area contributed by atoms with Gasteiger partial charge < -0.3 is 40.9 Å². The van der Waals surface area contributed by atoms with Crippen molar-refractivity contribution < 1.29 is 71.3 Å². The van der Waals surface area contributed by atoms with Crippen LogP contribution in [0.1, 0.15) is 112 Å². The zero-order valence-corrected chi connectivity index (χ0v) is 63.2. The van der Waals surface area contributed by atoms with E-state index in [1.165, 1.54) is 6.07 Å². The number of halogens is 5. The monoisotopic (exact) mass is 1500 g/mol. The fraction of sp³-hybridized carbons (Fsp3) is 0.256.